The molecule has 6 nitrogen and oxygen atoms in total. The molecule has 104 valence electrons. The Bertz CT molecular complexity index is 683. The maximum absolute atomic E-state index is 11.8. The van der Waals surface area contributed by atoms with E-state index in [4.69, 9.17) is 4.74 Å². The molecule has 0 amide bonds. The number of nitrogens with zero attached hydrogens (tertiary/aromatic N) is 2. The van der Waals surface area contributed by atoms with E-state index in [-0.39, 0.29) is 11.7 Å². The molecule has 0 spiro atoms. The minimum absolute atomic E-state index is 0.174. The van der Waals surface area contributed by atoms with Crippen LogP contribution in [0.2, 0.25) is 0 Å². The third-order valence-corrected chi connectivity index (χ3v) is 3.32. The first kappa shape index (κ1) is 14.0. The second-order valence-corrected chi connectivity index (χ2v) is 5.39. The van der Waals surface area contributed by atoms with Crippen molar-refractivity contribution in [3.63, 3.8) is 0 Å². The first-order valence-electron chi connectivity index (χ1n) is 5.71. The van der Waals surface area contributed by atoms with Gasteiger partial charge in [-0.05, 0) is 11.6 Å². The second kappa shape index (κ2) is 6.16. The number of hydrogen-bond acceptors (Lipinski definition) is 5. The van der Waals surface area contributed by atoms with E-state index in [1.165, 1.54) is 25.6 Å². The molecule has 0 aliphatic rings. The number of ether oxygens (including phenoxy) is 1. The van der Waals surface area contributed by atoms with E-state index >= 15 is 0 Å². The molecule has 1 aromatic heterocycles. The average molecular weight is 291 g/mol. The Morgan fingerprint density at radius 1 is 1.15 bits per heavy atom. The van der Waals surface area contributed by atoms with Gasteiger partial charge in [-0.25, -0.2) is 18.4 Å². The van der Waals surface area contributed by atoms with E-state index in [9.17, 15) is 8.42 Å². The van der Waals surface area contributed by atoms with Gasteiger partial charge in [0.05, 0.1) is 30.6 Å². The predicted molar refractivity (Wildman–Crippen MR) is 76.6 cm³/mol. The average Bonchev–Trinajstić information content (AvgIpc) is 2.47. The van der Waals surface area contributed by atoms with Crippen LogP contribution in [0.3, 0.4) is 0 Å². The Morgan fingerprint density at radius 2 is 1.80 bits per heavy atom. The zero-order valence-electron chi connectivity index (χ0n) is 10.7. The van der Waals surface area contributed by atoms with Crippen molar-refractivity contribution in [2.24, 2.45) is 0 Å². The van der Waals surface area contributed by atoms with Crippen LogP contribution < -0.4 is 9.46 Å². The van der Waals surface area contributed by atoms with Crippen LogP contribution in [0.1, 0.15) is 5.56 Å². The van der Waals surface area contributed by atoms with Crippen LogP contribution in [0.4, 0.5) is 5.69 Å². The van der Waals surface area contributed by atoms with Gasteiger partial charge < -0.3 is 4.74 Å². The Kier molecular flexibility index (Phi) is 4.31. The van der Waals surface area contributed by atoms with E-state index in [1.807, 2.05) is 30.3 Å². The lowest BCUT2D eigenvalue weighted by Crippen LogP contribution is -2.09. The standard InChI is InChI=1S/C13H13N3O3S/c1-19-13-14-9-12(10-15-13)16-20(17,18)8-7-11-5-3-2-4-6-11/h2-10,16H,1H3/b8-7+. The highest BCUT2D eigenvalue weighted by Crippen LogP contribution is 2.10. The number of methoxy groups -OCH3 is 1. The monoisotopic (exact) mass is 291 g/mol. The van der Waals surface area contributed by atoms with E-state index in [1.54, 1.807) is 0 Å². The molecule has 20 heavy (non-hydrogen) atoms. The normalized spacial score (nSPS) is 11.4. The van der Waals surface area contributed by atoms with Crippen LogP contribution in [-0.4, -0.2) is 25.5 Å². The molecular weight excluding hydrogens is 278 g/mol. The molecule has 1 N–H and O–H groups in total. The molecule has 1 heterocycles. The highest BCUT2D eigenvalue weighted by atomic mass is 32.2. The van der Waals surface area contributed by atoms with Crippen LogP contribution >= 0.6 is 0 Å². The van der Waals surface area contributed by atoms with Gasteiger partial charge in [-0.2, -0.15) is 0 Å². The van der Waals surface area contributed by atoms with Crippen molar-refractivity contribution in [2.45, 2.75) is 0 Å². The maximum Gasteiger partial charge on any atom is 0.316 e. The fraction of sp³-hybridized carbons (Fsp3) is 0.0769. The van der Waals surface area contributed by atoms with Gasteiger partial charge in [-0.15, -0.1) is 0 Å². The Labute approximate surface area is 117 Å². The van der Waals surface area contributed by atoms with Crippen molar-refractivity contribution in [1.82, 2.24) is 9.97 Å². The second-order valence-electron chi connectivity index (χ2n) is 3.82. The number of anilines is 1. The van der Waals surface area contributed by atoms with Gasteiger partial charge in [0.15, 0.2) is 0 Å². The van der Waals surface area contributed by atoms with Crippen molar-refractivity contribution in [3.8, 4) is 6.01 Å². The summed E-state index contributed by atoms with van der Waals surface area (Å²) in [7, 11) is -2.17. The van der Waals surface area contributed by atoms with Gasteiger partial charge in [0, 0.05) is 0 Å². The molecule has 0 aliphatic heterocycles. The van der Waals surface area contributed by atoms with Gasteiger partial charge in [0.25, 0.3) is 10.0 Å². The first-order valence-corrected chi connectivity index (χ1v) is 7.26. The number of hydrogen-bond donors (Lipinski definition) is 1. The molecule has 7 heteroatoms. The lowest BCUT2D eigenvalue weighted by Gasteiger charge is -2.03. The van der Waals surface area contributed by atoms with Crippen LogP contribution in [0.5, 0.6) is 6.01 Å². The summed E-state index contributed by atoms with van der Waals surface area (Å²) < 4.78 is 30.8. The number of rotatable bonds is 5. The van der Waals surface area contributed by atoms with Gasteiger partial charge >= 0.3 is 6.01 Å². The largest absolute Gasteiger partial charge is 0.467 e. The van der Waals surface area contributed by atoms with Gasteiger partial charge in [0.1, 0.15) is 0 Å². The summed E-state index contributed by atoms with van der Waals surface area (Å²) in [5.74, 6) is 0. The fourth-order valence-corrected chi connectivity index (χ4v) is 2.24. The van der Waals surface area contributed by atoms with E-state index in [0.29, 0.717) is 0 Å². The van der Waals surface area contributed by atoms with Gasteiger partial charge in [-0.3, -0.25) is 4.72 Å². The molecule has 1 aromatic carbocycles. The lowest BCUT2D eigenvalue weighted by molar-refractivity contribution is 0.380. The highest BCUT2D eigenvalue weighted by molar-refractivity contribution is 7.95. The molecular formula is C13H13N3O3S. The van der Waals surface area contributed by atoms with Crippen LogP contribution in [0, 0.1) is 0 Å². The van der Waals surface area contributed by atoms with Crippen molar-refractivity contribution in [1.29, 1.82) is 0 Å². The lowest BCUT2D eigenvalue weighted by atomic mass is 10.2. The Balaban J connectivity index is 2.09. The topological polar surface area (TPSA) is 81.2 Å². The summed E-state index contributed by atoms with van der Waals surface area (Å²) in [6, 6.07) is 9.31. The summed E-state index contributed by atoms with van der Waals surface area (Å²) in [5.41, 5.74) is 1.06. The van der Waals surface area contributed by atoms with E-state index in [2.05, 4.69) is 14.7 Å². The Hall–Kier alpha value is -2.41. The molecule has 2 rings (SSSR count). The zero-order chi connectivity index (χ0) is 14.4. The fourth-order valence-electron chi connectivity index (χ4n) is 1.40. The third-order valence-electron chi connectivity index (χ3n) is 2.31. The van der Waals surface area contributed by atoms with Crippen molar-refractivity contribution in [2.75, 3.05) is 11.8 Å². The predicted octanol–water partition coefficient (Wildman–Crippen LogP) is 1.90. The van der Waals surface area contributed by atoms with Crippen molar-refractivity contribution < 1.29 is 13.2 Å². The Morgan fingerprint density at radius 3 is 2.40 bits per heavy atom. The summed E-state index contributed by atoms with van der Waals surface area (Å²) >= 11 is 0. The molecule has 0 saturated heterocycles. The summed E-state index contributed by atoms with van der Waals surface area (Å²) in [5, 5.41) is 1.09. The molecule has 2 aromatic rings. The van der Waals surface area contributed by atoms with Gasteiger partial charge in [-0.1, -0.05) is 30.3 Å². The first-order chi connectivity index (χ1) is 9.59. The molecule has 0 radical (unpaired) electrons. The molecule has 0 bridgehead atoms. The molecule has 0 atom stereocenters. The van der Waals surface area contributed by atoms with E-state index < -0.39 is 10.0 Å². The summed E-state index contributed by atoms with van der Waals surface area (Å²) in [6.07, 6.45) is 4.17. The summed E-state index contributed by atoms with van der Waals surface area (Å²) in [4.78, 5) is 7.63. The van der Waals surface area contributed by atoms with Crippen LogP contribution in [0.15, 0.2) is 48.1 Å². The quantitative estimate of drug-likeness (QED) is 0.910. The summed E-state index contributed by atoms with van der Waals surface area (Å²) in [6.45, 7) is 0. The number of nitrogens with one attached hydrogen (secondary N) is 1. The van der Waals surface area contributed by atoms with Crippen LogP contribution in [0.25, 0.3) is 6.08 Å². The molecule has 0 fully saturated rings. The third kappa shape index (κ3) is 4.06. The molecule has 0 saturated carbocycles. The van der Waals surface area contributed by atoms with Crippen LogP contribution in [-0.2, 0) is 10.0 Å². The molecule has 0 aliphatic carbocycles. The number of sulfonamides is 1. The van der Waals surface area contributed by atoms with Gasteiger partial charge in [0.2, 0.25) is 0 Å². The van der Waals surface area contributed by atoms with E-state index in [0.717, 1.165) is 11.0 Å². The minimum Gasteiger partial charge on any atom is -0.467 e. The number of aromatic nitrogens is 2. The maximum atomic E-state index is 11.8. The number of benzene rings is 1. The zero-order valence-corrected chi connectivity index (χ0v) is 11.5. The van der Waals surface area contributed by atoms with Crippen molar-refractivity contribution >= 4 is 21.8 Å². The molecule has 0 unspecified atom stereocenters. The highest BCUT2D eigenvalue weighted by Gasteiger charge is 2.06. The van der Waals surface area contributed by atoms with Crippen molar-refractivity contribution in [3.05, 3.63) is 53.7 Å². The smallest absolute Gasteiger partial charge is 0.316 e. The minimum atomic E-state index is -3.60. The SMILES string of the molecule is COc1ncc(NS(=O)(=O)/C=C/c2ccccc2)cn1.